The number of methoxy groups -OCH3 is 5. The van der Waals surface area contributed by atoms with E-state index in [1.807, 2.05) is 0 Å². The summed E-state index contributed by atoms with van der Waals surface area (Å²) in [5, 5.41) is 42.1. The third-order valence-electron chi connectivity index (χ3n) is 16.0. The normalized spacial score (nSPS) is 13.0. The molecule has 0 fully saturated rings. The molecule has 4 unspecified atom stereocenters. The molecule has 24 nitrogen and oxygen atoms in total. The van der Waals surface area contributed by atoms with Crippen LogP contribution in [-0.2, 0) is 89.3 Å². The monoisotopic (exact) mass is 1530 g/mol. The number of aliphatic hydroxyl groups is 4. The number of esters is 5. The summed E-state index contributed by atoms with van der Waals surface area (Å²) in [5.74, 6) is -1.05. The number of carbonyl (C=O) groups excluding carboxylic acids is 5. The van der Waals surface area contributed by atoms with Gasteiger partial charge in [0.2, 0.25) is 0 Å². The molecule has 27 heteroatoms. The van der Waals surface area contributed by atoms with Gasteiger partial charge in [-0.15, -0.1) is 0 Å². The first-order chi connectivity index (χ1) is 46.2. The first-order valence-electron chi connectivity index (χ1n) is 37.3. The molecule has 1 radical (unpaired) electrons. The molecule has 101 heavy (non-hydrogen) atoms. The van der Waals surface area contributed by atoms with Crippen LogP contribution in [0.3, 0.4) is 0 Å². The van der Waals surface area contributed by atoms with E-state index in [9.17, 15) is 44.4 Å². The Morgan fingerprint density at radius 2 is 0.634 bits per heavy atom. The number of rotatable bonds is 54. The average molecular weight is 1540 g/mol. The zero-order valence-electron chi connectivity index (χ0n) is 70.0. The molecular formula is C74H164N5O19Si2V+5. The van der Waals surface area contributed by atoms with Gasteiger partial charge in [0, 0.05) is 72.3 Å². The predicted molar refractivity (Wildman–Crippen MR) is 410 cm³/mol. The van der Waals surface area contributed by atoms with Crippen LogP contribution in [-0.4, -0.2) is 339 Å². The molecule has 0 amide bonds. The third-order valence-corrected chi connectivity index (χ3v) is 23.6. The first-order valence-corrected chi connectivity index (χ1v) is 43.5. The Hall–Kier alpha value is -2.19. The minimum Gasteiger partial charge on any atom is -0.469 e. The van der Waals surface area contributed by atoms with Crippen molar-refractivity contribution >= 4 is 46.5 Å². The van der Waals surface area contributed by atoms with Crippen LogP contribution in [0.25, 0.3) is 0 Å². The summed E-state index contributed by atoms with van der Waals surface area (Å²) in [7, 11) is 29.4. The Labute approximate surface area is 632 Å². The van der Waals surface area contributed by atoms with Crippen LogP contribution in [0.5, 0.6) is 0 Å². The van der Waals surface area contributed by atoms with E-state index in [1.54, 1.807) is 0 Å². The summed E-state index contributed by atoms with van der Waals surface area (Å²) >= 11 is 0. The zero-order chi connectivity index (χ0) is 78.3. The second kappa shape index (κ2) is 68.3. The topological polar surface area (TPSA) is 259 Å². The maximum Gasteiger partial charge on any atom is 0.305 e. The van der Waals surface area contributed by atoms with Gasteiger partial charge in [0.1, 0.15) is 37.9 Å². The maximum atomic E-state index is 10.8. The van der Waals surface area contributed by atoms with Crippen LogP contribution in [0.2, 0.25) is 38.3 Å². The molecule has 0 aromatic heterocycles. The van der Waals surface area contributed by atoms with Crippen molar-refractivity contribution in [3.8, 4) is 0 Å². The SMILES string of the molecule is CCCCCCCCCCCC(=O)OC.COC(C)=O.COC(C)=O.COC(C)=O.COC(C)=O.C[N+](C)(C)CCCCCC[N+](C)(C)CC(O)COCCOCC(O)CC[N+](C)(C)CCCCCC[N+](C)(C)CC(O)COCCC[Si](C)(C)O[Si](C)(C)CCCOCC(O)C[N+](C)(C)C.[V]. The van der Waals surface area contributed by atoms with Gasteiger partial charge in [-0.1, -0.05) is 58.3 Å². The molecule has 0 aliphatic heterocycles. The number of hydrogen-bond donors (Lipinski definition) is 4. The van der Waals surface area contributed by atoms with E-state index in [-0.39, 0.29) is 48.4 Å². The van der Waals surface area contributed by atoms with Gasteiger partial charge in [0.25, 0.3) is 0 Å². The van der Waals surface area contributed by atoms with Crippen LogP contribution in [0.1, 0.15) is 169 Å². The Balaban J connectivity index is -0.000000396. The van der Waals surface area contributed by atoms with Gasteiger partial charge in [-0.05, 0) is 109 Å². The predicted octanol–water partition coefficient (Wildman–Crippen LogP) is 9.65. The van der Waals surface area contributed by atoms with Crippen molar-refractivity contribution in [2.24, 2.45) is 0 Å². The molecule has 0 heterocycles. The number of nitrogens with zero attached hydrogens (tertiary/aromatic N) is 5. The summed E-state index contributed by atoms with van der Waals surface area (Å²) in [6.45, 7) is 27.8. The van der Waals surface area contributed by atoms with E-state index in [0.717, 1.165) is 92.8 Å². The number of quaternary nitrogens is 5. The van der Waals surface area contributed by atoms with Gasteiger partial charge in [0.05, 0.1) is 199 Å². The number of unbranched alkanes of at least 4 members (excludes halogenated alkanes) is 14. The van der Waals surface area contributed by atoms with E-state index in [1.165, 1.54) is 160 Å². The van der Waals surface area contributed by atoms with E-state index in [2.05, 4.69) is 141 Å². The zero-order valence-corrected chi connectivity index (χ0v) is 73.4. The van der Waals surface area contributed by atoms with Gasteiger partial charge >= 0.3 is 29.8 Å². The fourth-order valence-corrected chi connectivity index (χ4v) is 19.2. The number of hydrogen-bond acceptors (Lipinski definition) is 19. The molecule has 0 saturated carbocycles. The van der Waals surface area contributed by atoms with E-state index >= 15 is 0 Å². The van der Waals surface area contributed by atoms with Crippen LogP contribution >= 0.6 is 0 Å². The molecule has 0 saturated heterocycles. The smallest absolute Gasteiger partial charge is 0.305 e. The Morgan fingerprint density at radius 1 is 0.347 bits per heavy atom. The Kier molecular flexibility index (Phi) is 75.9. The standard InChI is InChI=1S/C49H114N5O9Si2.C13H26O2.4C3H6O2.V/c1-50(2,3)28-21-17-18-23-30-54(11,12)41-49(58)45-62-36-35-61-42-46(55)27-32-52(7,8)29-22-19-20-24-31-53(9,10)40-48(57)44-60-34-26-38-65(15,16)63-64(13,14)37-25-33-59-43-47(56)39-51(4,5)6;1-3-4-5-6-7-8-9-10-11-12-13(14)15-2;4*1-3(4)5-2;/h46-49,55-58H,17-45H2,1-16H3;3-12H2,1-2H3;4*1-2H3;/q+5;;;;;;. The molecule has 0 aromatic carbocycles. The van der Waals surface area contributed by atoms with Gasteiger partial charge in [-0.25, -0.2) is 0 Å². The van der Waals surface area contributed by atoms with E-state index < -0.39 is 41.1 Å². The third kappa shape index (κ3) is 99.9. The molecule has 4 N–H and O–H groups in total. The molecule has 0 rings (SSSR count). The second-order valence-electron chi connectivity index (χ2n) is 31.9. The van der Waals surface area contributed by atoms with Crippen LogP contribution in [0.4, 0.5) is 0 Å². The molecule has 607 valence electrons. The fraction of sp³-hybridized carbons (Fsp3) is 0.932. The van der Waals surface area contributed by atoms with Crippen LogP contribution < -0.4 is 0 Å². The van der Waals surface area contributed by atoms with E-state index in [0.29, 0.717) is 85.3 Å². The minimum atomic E-state index is -1.83. The van der Waals surface area contributed by atoms with Crippen molar-refractivity contribution in [1.82, 2.24) is 0 Å². The number of carbonyl (C=O) groups is 5. The fourth-order valence-electron chi connectivity index (χ4n) is 10.4. The minimum absolute atomic E-state index is 0. The van der Waals surface area contributed by atoms with Crippen molar-refractivity contribution in [3.63, 3.8) is 0 Å². The van der Waals surface area contributed by atoms with Gasteiger partial charge in [0.15, 0.2) is 16.6 Å². The van der Waals surface area contributed by atoms with Crippen molar-refractivity contribution in [2.45, 2.75) is 232 Å². The van der Waals surface area contributed by atoms with Gasteiger partial charge in [-0.3, -0.25) is 24.0 Å². The number of likely N-dealkylation sites (N-methyl/N-ethyl adjacent to an activating group) is 3. The molecule has 0 spiro atoms. The molecule has 4 atom stereocenters. The number of ether oxygens (including phenoxy) is 9. The second-order valence-corrected chi connectivity index (χ2v) is 40.7. The summed E-state index contributed by atoms with van der Waals surface area (Å²) in [6, 6.07) is 2.10. The molecule has 0 bridgehead atoms. The quantitative estimate of drug-likeness (QED) is 0.0145. The maximum absolute atomic E-state index is 10.8. The number of aliphatic hydroxyl groups excluding tert-OH is 4. The van der Waals surface area contributed by atoms with Crippen molar-refractivity contribution in [3.05, 3.63) is 0 Å². The summed E-state index contributed by atoms with van der Waals surface area (Å²) < 4.78 is 55.1. The average Bonchev–Trinajstić information content (AvgIpc) is 0.905. The van der Waals surface area contributed by atoms with Crippen molar-refractivity contribution < 1.29 is 132 Å². The van der Waals surface area contributed by atoms with Crippen molar-refractivity contribution in [2.75, 3.05) is 225 Å². The van der Waals surface area contributed by atoms with Gasteiger partial charge in [-0.2, -0.15) is 0 Å². The van der Waals surface area contributed by atoms with Crippen LogP contribution in [0.15, 0.2) is 0 Å². The molecule has 0 aromatic rings. The molecule has 0 aliphatic rings. The molecular weight excluding hydrogens is 1370 g/mol. The summed E-state index contributed by atoms with van der Waals surface area (Å²) in [4.78, 5) is 49.2. The Bertz CT molecular complexity index is 1880. The van der Waals surface area contributed by atoms with Crippen LogP contribution in [0, 0.1) is 0 Å². The van der Waals surface area contributed by atoms with Gasteiger partial charge < -0.3 is 89.6 Å². The largest absolute Gasteiger partial charge is 0.469 e. The van der Waals surface area contributed by atoms with E-state index in [4.69, 9.17) is 23.1 Å². The Morgan fingerprint density at radius 3 is 0.950 bits per heavy atom. The first kappa shape index (κ1) is 112. The summed E-state index contributed by atoms with van der Waals surface area (Å²) in [5.41, 5.74) is 0. The molecule has 0 aliphatic carbocycles. The summed E-state index contributed by atoms with van der Waals surface area (Å²) in [6.07, 6.45) is 22.5. The van der Waals surface area contributed by atoms with Crippen molar-refractivity contribution in [1.29, 1.82) is 0 Å².